The van der Waals surface area contributed by atoms with Crippen molar-refractivity contribution in [2.45, 2.75) is 44.8 Å². The van der Waals surface area contributed by atoms with Gasteiger partial charge in [-0.2, -0.15) is 5.10 Å². The molecular weight excluding hydrogens is 472 g/mol. The molecule has 1 saturated heterocycles. The standard InChI is InChI=1S/C24H23ClN6O4/c1-12(32)15-4-2-5-16-20(23(26)34)29-30(22(15)16)11-19(33)31-14-9-8-13(10-14)21(31)24(35)28-18-7-3-6-17(25)27-18/h2-7,13-14,21H,8-11H2,1H3,(H2,26,34)(H,27,28,35)/t13-,14+,21-/m0/s1. The van der Waals surface area contributed by atoms with Crippen LogP contribution in [-0.4, -0.2) is 55.3 Å². The lowest BCUT2D eigenvalue weighted by Gasteiger charge is -2.34. The SMILES string of the molecule is CC(=O)c1cccc2c(C(N)=O)nn(CC(=O)N3[C@@H]4CC[C@@H](C4)[C@H]3C(=O)Nc3cccc(Cl)n3)c12. The molecule has 2 aliphatic rings. The number of amides is 3. The molecule has 180 valence electrons. The van der Waals surface area contributed by atoms with Gasteiger partial charge in [0.2, 0.25) is 11.8 Å². The highest BCUT2D eigenvalue weighted by atomic mass is 35.5. The van der Waals surface area contributed by atoms with E-state index in [1.54, 1.807) is 41.3 Å². The van der Waals surface area contributed by atoms with Crippen LogP contribution < -0.4 is 11.1 Å². The first-order valence-electron chi connectivity index (χ1n) is 11.3. The summed E-state index contributed by atoms with van der Waals surface area (Å²) in [6.07, 6.45) is 2.39. The van der Waals surface area contributed by atoms with Gasteiger partial charge in [-0.05, 0) is 50.3 Å². The Morgan fingerprint density at radius 3 is 2.63 bits per heavy atom. The van der Waals surface area contributed by atoms with E-state index in [4.69, 9.17) is 17.3 Å². The lowest BCUT2D eigenvalue weighted by atomic mass is 9.97. The summed E-state index contributed by atoms with van der Waals surface area (Å²) in [4.78, 5) is 56.8. The van der Waals surface area contributed by atoms with Crippen molar-refractivity contribution in [3.63, 3.8) is 0 Å². The fourth-order valence-corrected chi connectivity index (χ4v) is 5.55. The van der Waals surface area contributed by atoms with Crippen LogP contribution in [0, 0.1) is 5.92 Å². The van der Waals surface area contributed by atoms with E-state index in [-0.39, 0.29) is 46.9 Å². The molecule has 3 aromatic rings. The van der Waals surface area contributed by atoms with Gasteiger partial charge in [0.25, 0.3) is 5.91 Å². The third kappa shape index (κ3) is 4.03. The maximum absolute atomic E-state index is 13.6. The van der Waals surface area contributed by atoms with E-state index in [2.05, 4.69) is 15.4 Å². The molecule has 1 aliphatic carbocycles. The van der Waals surface area contributed by atoms with Gasteiger partial charge in [-0.15, -0.1) is 0 Å². The lowest BCUT2D eigenvalue weighted by Crippen LogP contribution is -2.52. The Morgan fingerprint density at radius 2 is 1.91 bits per heavy atom. The molecule has 11 heteroatoms. The number of nitrogens with one attached hydrogen (secondary N) is 1. The average molecular weight is 495 g/mol. The van der Waals surface area contributed by atoms with Crippen molar-refractivity contribution in [3.8, 4) is 0 Å². The summed E-state index contributed by atoms with van der Waals surface area (Å²) in [5.74, 6) is -1.29. The summed E-state index contributed by atoms with van der Waals surface area (Å²) in [6.45, 7) is 1.16. The van der Waals surface area contributed by atoms with Gasteiger partial charge in [0, 0.05) is 17.0 Å². The van der Waals surface area contributed by atoms with Crippen molar-refractivity contribution in [1.82, 2.24) is 19.7 Å². The Morgan fingerprint density at radius 1 is 1.14 bits per heavy atom. The second kappa shape index (κ2) is 8.77. The Labute approximate surface area is 205 Å². The van der Waals surface area contributed by atoms with Gasteiger partial charge in [-0.1, -0.05) is 29.8 Å². The van der Waals surface area contributed by atoms with Crippen LogP contribution in [-0.2, 0) is 16.1 Å². The monoisotopic (exact) mass is 494 g/mol. The maximum atomic E-state index is 13.6. The maximum Gasteiger partial charge on any atom is 0.269 e. The molecule has 10 nitrogen and oxygen atoms in total. The number of benzene rings is 1. The number of rotatable bonds is 6. The number of hydrogen-bond donors (Lipinski definition) is 2. The van der Waals surface area contributed by atoms with E-state index >= 15 is 0 Å². The smallest absolute Gasteiger partial charge is 0.269 e. The summed E-state index contributed by atoms with van der Waals surface area (Å²) < 4.78 is 1.34. The summed E-state index contributed by atoms with van der Waals surface area (Å²) in [7, 11) is 0. The van der Waals surface area contributed by atoms with Gasteiger partial charge < -0.3 is 16.0 Å². The number of carbonyl (C=O) groups excluding carboxylic acids is 4. The number of Topliss-reactive ketones (excluding diaryl/α,β-unsaturated/α-hetero) is 1. The highest BCUT2D eigenvalue weighted by Gasteiger charge is 2.51. The van der Waals surface area contributed by atoms with Crippen molar-refractivity contribution in [3.05, 3.63) is 52.8 Å². The van der Waals surface area contributed by atoms with Gasteiger partial charge in [0.1, 0.15) is 23.6 Å². The minimum Gasteiger partial charge on any atom is -0.364 e. The van der Waals surface area contributed by atoms with Gasteiger partial charge in [-0.25, -0.2) is 4.98 Å². The Balaban J connectivity index is 1.46. The fourth-order valence-electron chi connectivity index (χ4n) is 5.39. The molecule has 0 spiro atoms. The van der Waals surface area contributed by atoms with Gasteiger partial charge in [0.15, 0.2) is 11.5 Å². The summed E-state index contributed by atoms with van der Waals surface area (Å²) in [5.41, 5.74) is 6.19. The van der Waals surface area contributed by atoms with Gasteiger partial charge >= 0.3 is 0 Å². The molecule has 1 aromatic carbocycles. The third-order valence-electron chi connectivity index (χ3n) is 6.78. The second-order valence-electron chi connectivity index (χ2n) is 8.94. The van der Waals surface area contributed by atoms with Crippen LogP contribution >= 0.6 is 11.6 Å². The number of likely N-dealkylation sites (tertiary alicyclic amines) is 1. The number of primary amides is 1. The number of nitrogens with zero attached hydrogens (tertiary/aromatic N) is 4. The van der Waals surface area contributed by atoms with Crippen LogP contribution in [0.3, 0.4) is 0 Å². The van der Waals surface area contributed by atoms with Crippen LogP contribution in [0.25, 0.3) is 10.9 Å². The van der Waals surface area contributed by atoms with Crippen molar-refractivity contribution >= 4 is 51.8 Å². The average Bonchev–Trinajstić information content (AvgIpc) is 3.52. The molecule has 2 bridgehead atoms. The van der Waals surface area contributed by atoms with E-state index in [1.807, 2.05) is 0 Å². The molecule has 3 atom stereocenters. The number of anilines is 1. The van der Waals surface area contributed by atoms with E-state index in [0.29, 0.717) is 22.3 Å². The fraction of sp³-hybridized carbons (Fsp3) is 0.333. The van der Waals surface area contributed by atoms with Crippen LogP contribution in [0.2, 0.25) is 5.15 Å². The number of halogens is 1. The van der Waals surface area contributed by atoms with Gasteiger partial charge in [0.05, 0.1) is 5.52 Å². The largest absolute Gasteiger partial charge is 0.364 e. The first kappa shape index (κ1) is 23.0. The zero-order valence-corrected chi connectivity index (χ0v) is 19.7. The number of piperidine rings is 1. The minimum atomic E-state index is -0.756. The molecule has 5 rings (SSSR count). The summed E-state index contributed by atoms with van der Waals surface area (Å²) >= 11 is 5.93. The predicted octanol–water partition coefficient (Wildman–Crippen LogP) is 2.40. The molecule has 35 heavy (non-hydrogen) atoms. The Kier molecular flexibility index (Phi) is 5.76. The minimum absolute atomic E-state index is 0.0137. The molecule has 2 fully saturated rings. The zero-order valence-electron chi connectivity index (χ0n) is 18.9. The molecule has 3 amide bonds. The number of pyridine rings is 1. The van der Waals surface area contributed by atoms with E-state index < -0.39 is 11.9 Å². The van der Waals surface area contributed by atoms with E-state index in [0.717, 1.165) is 19.3 Å². The predicted molar refractivity (Wildman–Crippen MR) is 128 cm³/mol. The Hall–Kier alpha value is -3.79. The second-order valence-corrected chi connectivity index (χ2v) is 9.32. The highest BCUT2D eigenvalue weighted by molar-refractivity contribution is 6.29. The third-order valence-corrected chi connectivity index (χ3v) is 6.99. The van der Waals surface area contributed by atoms with Crippen molar-refractivity contribution in [2.75, 3.05) is 5.32 Å². The number of hydrogen-bond acceptors (Lipinski definition) is 6. The van der Waals surface area contributed by atoms with E-state index in [1.165, 1.54) is 11.6 Å². The molecule has 1 saturated carbocycles. The molecule has 3 heterocycles. The number of ketones is 1. The molecule has 2 aromatic heterocycles. The van der Waals surface area contributed by atoms with Crippen molar-refractivity contribution < 1.29 is 19.2 Å². The molecule has 0 unspecified atom stereocenters. The summed E-state index contributed by atoms with van der Waals surface area (Å²) in [6, 6.07) is 9.09. The van der Waals surface area contributed by atoms with Crippen LogP contribution in [0.1, 0.15) is 47.0 Å². The number of aromatic nitrogens is 3. The van der Waals surface area contributed by atoms with Crippen molar-refractivity contribution in [2.24, 2.45) is 11.7 Å². The number of carbonyl (C=O) groups is 4. The Bertz CT molecular complexity index is 1390. The highest BCUT2D eigenvalue weighted by Crippen LogP contribution is 2.43. The summed E-state index contributed by atoms with van der Waals surface area (Å²) in [5, 5.41) is 7.70. The van der Waals surface area contributed by atoms with E-state index in [9.17, 15) is 19.2 Å². The molecule has 3 N–H and O–H groups in total. The number of fused-ring (bicyclic) bond motifs is 3. The van der Waals surface area contributed by atoms with Crippen molar-refractivity contribution in [1.29, 1.82) is 0 Å². The first-order valence-corrected chi connectivity index (χ1v) is 11.7. The van der Waals surface area contributed by atoms with Crippen LogP contribution in [0.15, 0.2) is 36.4 Å². The van der Waals surface area contributed by atoms with Crippen LogP contribution in [0.5, 0.6) is 0 Å². The quantitative estimate of drug-likeness (QED) is 0.398. The molecular formula is C24H23ClN6O4. The normalized spacial score (nSPS) is 20.9. The molecule has 1 aliphatic heterocycles. The molecule has 0 radical (unpaired) electrons. The zero-order chi connectivity index (χ0) is 24.9. The number of nitrogens with two attached hydrogens (primary N) is 1. The number of para-hydroxylation sites is 1. The topological polar surface area (TPSA) is 140 Å². The van der Waals surface area contributed by atoms with Crippen LogP contribution in [0.4, 0.5) is 5.82 Å². The van der Waals surface area contributed by atoms with Gasteiger partial charge in [-0.3, -0.25) is 23.9 Å². The first-order chi connectivity index (χ1) is 16.7. The lowest BCUT2D eigenvalue weighted by molar-refractivity contribution is -0.141.